The first-order valence-electron chi connectivity index (χ1n) is 13.5. The van der Waals surface area contributed by atoms with Gasteiger partial charge in [0.05, 0.1) is 19.7 Å². The molecule has 7 rings (SSSR count). The average molecular weight is 520 g/mol. The molecule has 3 saturated heterocycles. The van der Waals surface area contributed by atoms with Gasteiger partial charge in [-0.3, -0.25) is 0 Å². The van der Waals surface area contributed by atoms with E-state index < -0.39 is 6.04 Å². The molecule has 7 nitrogen and oxygen atoms in total. The van der Waals surface area contributed by atoms with E-state index in [1.807, 2.05) is 78.9 Å². The average Bonchev–Trinajstić information content (AvgIpc) is 3.45. The predicted octanol–water partition coefficient (Wildman–Crippen LogP) is 6.40. The van der Waals surface area contributed by atoms with E-state index in [1.54, 1.807) is 12.3 Å². The number of hydrogen-bond acceptors (Lipinski definition) is 5. The Morgan fingerprint density at radius 3 is 2.46 bits per heavy atom. The molecule has 3 aliphatic heterocycles. The summed E-state index contributed by atoms with van der Waals surface area (Å²) in [6.45, 7) is 11.0. The number of fused-ring (bicyclic) bond motifs is 3. The Morgan fingerprint density at radius 2 is 1.72 bits per heavy atom. The highest BCUT2D eigenvalue weighted by molar-refractivity contribution is 5.81. The summed E-state index contributed by atoms with van der Waals surface area (Å²) >= 11 is 0. The van der Waals surface area contributed by atoms with Crippen molar-refractivity contribution in [2.24, 2.45) is 5.92 Å². The van der Waals surface area contributed by atoms with Gasteiger partial charge in [0.2, 0.25) is 5.89 Å². The summed E-state index contributed by atoms with van der Waals surface area (Å²) in [6, 6.07) is 26.3. The van der Waals surface area contributed by atoms with Crippen LogP contribution in [0.4, 0.5) is 11.4 Å². The first-order chi connectivity index (χ1) is 19.1. The van der Waals surface area contributed by atoms with E-state index in [0.717, 1.165) is 60.4 Å². The number of carbonyl (C=O) groups excluding carboxylic acids is 1. The second-order valence-electron chi connectivity index (χ2n) is 10.6. The van der Waals surface area contributed by atoms with Crippen LogP contribution in [-0.4, -0.2) is 41.2 Å². The van der Waals surface area contributed by atoms with Crippen molar-refractivity contribution in [1.29, 1.82) is 0 Å². The summed E-state index contributed by atoms with van der Waals surface area (Å²) in [4.78, 5) is 22.0. The normalized spacial score (nSPS) is 22.5. The summed E-state index contributed by atoms with van der Waals surface area (Å²) in [5.41, 5.74) is 3.86. The molecule has 4 heterocycles. The molecule has 0 amide bonds. The molecule has 0 unspecified atom stereocenters. The third kappa shape index (κ3) is 5.29. The minimum absolute atomic E-state index is 0.141. The van der Waals surface area contributed by atoms with Gasteiger partial charge >= 0.3 is 5.97 Å². The maximum Gasteiger partial charge on any atom is 0.333 e. The van der Waals surface area contributed by atoms with Crippen LogP contribution in [0, 0.1) is 12.5 Å². The molecular formula is C32H31N4O3+. The molecule has 7 heteroatoms. The lowest BCUT2D eigenvalue weighted by molar-refractivity contribution is -0.958. The molecule has 1 aromatic heterocycles. The maximum atomic E-state index is 13.6. The second-order valence-corrected chi connectivity index (χ2v) is 10.6. The van der Waals surface area contributed by atoms with Crippen molar-refractivity contribution < 1.29 is 18.4 Å². The maximum absolute atomic E-state index is 13.6. The van der Waals surface area contributed by atoms with E-state index in [4.69, 9.17) is 20.7 Å². The minimum Gasteiger partial charge on any atom is -0.454 e. The van der Waals surface area contributed by atoms with Crippen LogP contribution < -0.4 is 5.32 Å². The van der Waals surface area contributed by atoms with E-state index in [1.165, 1.54) is 0 Å². The minimum atomic E-state index is -0.585. The van der Waals surface area contributed by atoms with Gasteiger partial charge in [0, 0.05) is 30.0 Å². The number of benzene rings is 3. The largest absolute Gasteiger partial charge is 0.454 e. The van der Waals surface area contributed by atoms with E-state index in [-0.39, 0.29) is 12.1 Å². The molecule has 0 spiro atoms. The standard InChI is InChI=1S/C32H31N4O3/c1-33-28-15-9-8-14-27(28)31-35-26(22-38-31)20-36-18-16-23(17-19-36)29(21-36)39-32(37)30(24-10-4-2-5-11-24)34-25-12-6-3-7-13-25/h2-15,22-23,29-30,34H,16-21H2/q+1/t23?,29-,30+,36?/m0/s1. The molecule has 4 aromatic rings. The third-order valence-corrected chi connectivity index (χ3v) is 8.07. The molecular weight excluding hydrogens is 488 g/mol. The summed E-state index contributed by atoms with van der Waals surface area (Å²) < 4.78 is 12.9. The Hall–Kier alpha value is -4.41. The SMILES string of the molecule is [C-]#[N+]c1ccccc1-c1nc(C[N+]23CCC(CC2)[C@@H](OC(=O)[C@H](Nc2ccccc2)c2ccccc2)C3)co1. The zero-order valence-corrected chi connectivity index (χ0v) is 21.7. The third-order valence-electron chi connectivity index (χ3n) is 8.07. The van der Waals surface area contributed by atoms with E-state index in [0.29, 0.717) is 23.1 Å². The van der Waals surface area contributed by atoms with Crippen molar-refractivity contribution >= 4 is 17.3 Å². The number of anilines is 1. The van der Waals surface area contributed by atoms with Gasteiger partial charge in [-0.05, 0) is 17.7 Å². The van der Waals surface area contributed by atoms with E-state index in [9.17, 15) is 4.79 Å². The quantitative estimate of drug-likeness (QED) is 0.166. The number of hydrogen-bond donors (Lipinski definition) is 1. The fourth-order valence-electron chi connectivity index (χ4n) is 6.02. The first-order valence-corrected chi connectivity index (χ1v) is 13.5. The van der Waals surface area contributed by atoms with Crippen molar-refractivity contribution in [1.82, 2.24) is 4.98 Å². The van der Waals surface area contributed by atoms with Gasteiger partial charge in [0.1, 0.15) is 25.0 Å². The Bertz CT molecular complexity index is 1470. The lowest BCUT2D eigenvalue weighted by Gasteiger charge is -2.51. The number of esters is 1. The molecule has 2 atom stereocenters. The Morgan fingerprint density at radius 1 is 1.03 bits per heavy atom. The number of nitrogens with zero attached hydrogens (tertiary/aromatic N) is 3. The zero-order valence-electron chi connectivity index (χ0n) is 21.7. The van der Waals surface area contributed by atoms with Gasteiger partial charge in [-0.1, -0.05) is 72.8 Å². The molecule has 3 aromatic carbocycles. The number of carbonyl (C=O) groups is 1. The molecule has 0 aliphatic carbocycles. The van der Waals surface area contributed by atoms with Crippen LogP contribution in [0.5, 0.6) is 0 Å². The number of ether oxygens (including phenoxy) is 1. The summed E-state index contributed by atoms with van der Waals surface area (Å²) in [5, 5.41) is 3.38. The molecule has 0 radical (unpaired) electrons. The summed E-state index contributed by atoms with van der Waals surface area (Å²) in [6.07, 6.45) is 3.61. The van der Waals surface area contributed by atoms with Crippen LogP contribution in [-0.2, 0) is 16.1 Å². The van der Waals surface area contributed by atoms with Crippen molar-refractivity contribution in [2.45, 2.75) is 31.5 Å². The van der Waals surface area contributed by atoms with Crippen LogP contribution in [0.3, 0.4) is 0 Å². The van der Waals surface area contributed by atoms with E-state index >= 15 is 0 Å². The molecule has 3 fully saturated rings. The lowest BCUT2D eigenvalue weighted by atomic mass is 9.83. The number of para-hydroxylation sites is 2. The van der Waals surface area contributed by atoms with Gasteiger partial charge in [0.25, 0.3) is 0 Å². The number of quaternary nitrogens is 1. The van der Waals surface area contributed by atoms with Crippen LogP contribution in [0.15, 0.2) is 95.6 Å². The van der Waals surface area contributed by atoms with Gasteiger partial charge in [-0.15, -0.1) is 0 Å². The van der Waals surface area contributed by atoms with Gasteiger partial charge < -0.3 is 19.0 Å². The molecule has 0 saturated carbocycles. The van der Waals surface area contributed by atoms with Crippen LogP contribution in [0.1, 0.15) is 30.1 Å². The second kappa shape index (κ2) is 10.8. The van der Waals surface area contributed by atoms with Crippen molar-refractivity contribution in [3.8, 4) is 11.5 Å². The molecule has 3 aliphatic rings. The van der Waals surface area contributed by atoms with Crippen molar-refractivity contribution in [3.63, 3.8) is 0 Å². The fraction of sp³-hybridized carbons (Fsp3) is 0.281. The Labute approximate surface area is 228 Å². The van der Waals surface area contributed by atoms with Crippen molar-refractivity contribution in [3.05, 3.63) is 114 Å². The number of oxazole rings is 1. The number of rotatable bonds is 8. The smallest absolute Gasteiger partial charge is 0.333 e. The fourth-order valence-corrected chi connectivity index (χ4v) is 6.02. The number of nitrogens with one attached hydrogen (secondary N) is 1. The molecule has 1 N–H and O–H groups in total. The van der Waals surface area contributed by atoms with E-state index in [2.05, 4.69) is 10.2 Å². The summed E-state index contributed by atoms with van der Waals surface area (Å²) in [5.74, 6) is 0.601. The van der Waals surface area contributed by atoms with Crippen molar-refractivity contribution in [2.75, 3.05) is 25.0 Å². The molecule has 39 heavy (non-hydrogen) atoms. The monoisotopic (exact) mass is 519 g/mol. The first kappa shape index (κ1) is 24.9. The highest BCUT2D eigenvalue weighted by Crippen LogP contribution is 2.38. The molecule has 2 bridgehead atoms. The van der Waals surface area contributed by atoms with Crippen LogP contribution in [0.25, 0.3) is 16.3 Å². The Kier molecular flexibility index (Phi) is 6.87. The topological polar surface area (TPSA) is 68.7 Å². The zero-order chi connectivity index (χ0) is 26.7. The number of aromatic nitrogens is 1. The molecule has 196 valence electrons. The van der Waals surface area contributed by atoms with Gasteiger partial charge in [-0.25, -0.2) is 14.6 Å². The highest BCUT2D eigenvalue weighted by Gasteiger charge is 2.48. The van der Waals surface area contributed by atoms with Gasteiger partial charge in [0.15, 0.2) is 17.8 Å². The highest BCUT2D eigenvalue weighted by atomic mass is 16.5. The lowest BCUT2D eigenvalue weighted by Crippen LogP contribution is -2.64. The summed E-state index contributed by atoms with van der Waals surface area (Å²) in [7, 11) is 0. The van der Waals surface area contributed by atoms with Gasteiger partial charge in [-0.2, -0.15) is 0 Å². The predicted molar refractivity (Wildman–Crippen MR) is 149 cm³/mol. The number of piperidine rings is 3. The van der Waals surface area contributed by atoms with Crippen LogP contribution >= 0.6 is 0 Å². The Balaban J connectivity index is 1.18. The van der Waals surface area contributed by atoms with Crippen LogP contribution in [0.2, 0.25) is 0 Å².